The van der Waals surface area contributed by atoms with Gasteiger partial charge in [-0.2, -0.15) is 0 Å². The van der Waals surface area contributed by atoms with Gasteiger partial charge in [0.2, 0.25) is 0 Å². The average Bonchev–Trinajstić information content (AvgIpc) is 2.85. The Hall–Kier alpha value is -1.68. The molecule has 0 saturated heterocycles. The summed E-state index contributed by atoms with van der Waals surface area (Å²) in [5.74, 6) is 0.775. The van der Waals surface area contributed by atoms with Crippen molar-refractivity contribution in [2.45, 2.75) is 13.0 Å². The van der Waals surface area contributed by atoms with Gasteiger partial charge in [0.1, 0.15) is 5.75 Å². The van der Waals surface area contributed by atoms with Crippen molar-refractivity contribution in [3.63, 3.8) is 0 Å². The van der Waals surface area contributed by atoms with Crippen LogP contribution in [0.25, 0.3) is 0 Å². The third-order valence-electron chi connectivity index (χ3n) is 2.60. The van der Waals surface area contributed by atoms with Crippen molar-refractivity contribution in [1.29, 1.82) is 0 Å². The Balaban J connectivity index is 2.13. The summed E-state index contributed by atoms with van der Waals surface area (Å²) in [4.78, 5) is 1.29. The van der Waals surface area contributed by atoms with E-state index in [0.717, 1.165) is 11.4 Å². The Labute approximate surface area is 105 Å². The number of anilines is 2. The number of hydrogen-bond acceptors (Lipinski definition) is 4. The summed E-state index contributed by atoms with van der Waals surface area (Å²) in [6.07, 6.45) is 0. The van der Waals surface area contributed by atoms with Gasteiger partial charge >= 0.3 is 0 Å². The first-order chi connectivity index (χ1) is 8.20. The predicted octanol–water partition coefficient (Wildman–Crippen LogP) is 3.51. The van der Waals surface area contributed by atoms with Crippen molar-refractivity contribution in [2.24, 2.45) is 0 Å². The quantitative estimate of drug-likeness (QED) is 0.814. The molecule has 0 aliphatic carbocycles. The predicted molar refractivity (Wildman–Crippen MR) is 73.8 cm³/mol. The summed E-state index contributed by atoms with van der Waals surface area (Å²) in [6.45, 7) is 2.12. The Morgan fingerprint density at radius 2 is 2.18 bits per heavy atom. The second-order valence-electron chi connectivity index (χ2n) is 3.83. The molecule has 2 rings (SSSR count). The van der Waals surface area contributed by atoms with E-state index in [4.69, 9.17) is 10.5 Å². The van der Waals surface area contributed by atoms with E-state index in [2.05, 4.69) is 29.8 Å². The number of nitrogens with two attached hydrogens (primary N) is 1. The molecule has 2 aromatic rings. The average molecular weight is 248 g/mol. The Morgan fingerprint density at radius 1 is 1.35 bits per heavy atom. The molecule has 0 radical (unpaired) electrons. The summed E-state index contributed by atoms with van der Waals surface area (Å²) >= 11 is 1.74. The van der Waals surface area contributed by atoms with Gasteiger partial charge in [-0.15, -0.1) is 11.3 Å². The van der Waals surface area contributed by atoms with Crippen LogP contribution in [0.15, 0.2) is 35.7 Å². The van der Waals surface area contributed by atoms with Gasteiger partial charge in [-0.05, 0) is 30.5 Å². The smallest absolute Gasteiger partial charge is 0.121 e. The Kier molecular flexibility index (Phi) is 3.54. The molecule has 4 heteroatoms. The van der Waals surface area contributed by atoms with Crippen LogP contribution in [0, 0.1) is 0 Å². The molecular weight excluding hydrogens is 232 g/mol. The zero-order valence-electron chi connectivity index (χ0n) is 9.94. The van der Waals surface area contributed by atoms with E-state index in [1.165, 1.54) is 4.88 Å². The third-order valence-corrected chi connectivity index (χ3v) is 3.66. The zero-order chi connectivity index (χ0) is 12.3. The topological polar surface area (TPSA) is 47.3 Å². The van der Waals surface area contributed by atoms with Gasteiger partial charge < -0.3 is 15.8 Å². The van der Waals surface area contributed by atoms with Crippen molar-refractivity contribution in [3.05, 3.63) is 40.6 Å². The zero-order valence-corrected chi connectivity index (χ0v) is 10.8. The van der Waals surface area contributed by atoms with E-state index in [9.17, 15) is 0 Å². The monoisotopic (exact) mass is 248 g/mol. The number of hydrogen-bond donors (Lipinski definition) is 2. The van der Waals surface area contributed by atoms with Crippen LogP contribution < -0.4 is 15.8 Å². The summed E-state index contributed by atoms with van der Waals surface area (Å²) in [5.41, 5.74) is 7.60. The van der Waals surface area contributed by atoms with Crippen molar-refractivity contribution < 1.29 is 4.74 Å². The number of nitrogen functional groups attached to an aromatic ring is 1. The molecule has 90 valence electrons. The Morgan fingerprint density at radius 3 is 2.76 bits per heavy atom. The van der Waals surface area contributed by atoms with E-state index in [1.54, 1.807) is 18.4 Å². The highest BCUT2D eigenvalue weighted by Gasteiger charge is 2.08. The first kappa shape index (κ1) is 11.8. The van der Waals surface area contributed by atoms with Crippen molar-refractivity contribution in [1.82, 2.24) is 0 Å². The maximum Gasteiger partial charge on any atom is 0.121 e. The highest BCUT2D eigenvalue weighted by Crippen LogP contribution is 2.29. The standard InChI is InChI=1S/C13H16N2OS/c1-9(13-4-3-7-17-13)15-12-6-5-10(16-2)8-11(12)14/h3-9,15H,14H2,1-2H3. The maximum absolute atomic E-state index is 5.96. The van der Waals surface area contributed by atoms with Gasteiger partial charge in [0.25, 0.3) is 0 Å². The van der Waals surface area contributed by atoms with Crippen LogP contribution in [0.1, 0.15) is 17.8 Å². The SMILES string of the molecule is COc1ccc(NC(C)c2cccs2)c(N)c1. The summed E-state index contributed by atoms with van der Waals surface area (Å²) in [7, 11) is 1.64. The Bertz CT molecular complexity index is 482. The molecule has 1 atom stereocenters. The van der Waals surface area contributed by atoms with Crippen molar-refractivity contribution in [3.8, 4) is 5.75 Å². The van der Waals surface area contributed by atoms with E-state index < -0.39 is 0 Å². The second kappa shape index (κ2) is 5.10. The highest BCUT2D eigenvalue weighted by molar-refractivity contribution is 7.10. The van der Waals surface area contributed by atoms with E-state index in [0.29, 0.717) is 5.69 Å². The maximum atomic E-state index is 5.96. The highest BCUT2D eigenvalue weighted by atomic mass is 32.1. The van der Waals surface area contributed by atoms with Crippen LogP contribution in [-0.4, -0.2) is 7.11 Å². The molecule has 0 saturated carbocycles. The molecule has 0 aliphatic heterocycles. The van der Waals surface area contributed by atoms with Gasteiger partial charge in [-0.1, -0.05) is 6.07 Å². The molecule has 3 N–H and O–H groups in total. The number of thiophene rings is 1. The molecule has 0 fully saturated rings. The molecular formula is C13H16N2OS. The molecule has 1 aromatic carbocycles. The van der Waals surface area contributed by atoms with Gasteiger partial charge in [0.15, 0.2) is 0 Å². The fraction of sp³-hybridized carbons (Fsp3) is 0.231. The van der Waals surface area contributed by atoms with Crippen LogP contribution in [0.4, 0.5) is 11.4 Å². The van der Waals surface area contributed by atoms with Crippen LogP contribution in [-0.2, 0) is 0 Å². The van der Waals surface area contributed by atoms with Gasteiger partial charge in [0.05, 0.1) is 24.5 Å². The van der Waals surface area contributed by atoms with E-state index in [-0.39, 0.29) is 6.04 Å². The third kappa shape index (κ3) is 2.71. The lowest BCUT2D eigenvalue weighted by molar-refractivity contribution is 0.415. The number of benzene rings is 1. The van der Waals surface area contributed by atoms with Crippen LogP contribution in [0.2, 0.25) is 0 Å². The fourth-order valence-electron chi connectivity index (χ4n) is 1.64. The molecule has 0 amide bonds. The van der Waals surface area contributed by atoms with E-state index in [1.807, 2.05) is 18.2 Å². The summed E-state index contributed by atoms with van der Waals surface area (Å²) in [5, 5.41) is 5.47. The molecule has 1 heterocycles. The van der Waals surface area contributed by atoms with Gasteiger partial charge in [0, 0.05) is 10.9 Å². The molecule has 17 heavy (non-hydrogen) atoms. The van der Waals surface area contributed by atoms with Crippen LogP contribution in [0.3, 0.4) is 0 Å². The summed E-state index contributed by atoms with van der Waals surface area (Å²) in [6, 6.07) is 10.1. The largest absolute Gasteiger partial charge is 0.497 e. The second-order valence-corrected chi connectivity index (χ2v) is 4.81. The van der Waals surface area contributed by atoms with Crippen LogP contribution in [0.5, 0.6) is 5.75 Å². The van der Waals surface area contributed by atoms with Crippen LogP contribution >= 0.6 is 11.3 Å². The lowest BCUT2D eigenvalue weighted by atomic mass is 10.2. The minimum atomic E-state index is 0.255. The molecule has 0 bridgehead atoms. The lowest BCUT2D eigenvalue weighted by Crippen LogP contribution is -2.07. The first-order valence-electron chi connectivity index (χ1n) is 5.44. The van der Waals surface area contributed by atoms with Gasteiger partial charge in [-0.3, -0.25) is 0 Å². The lowest BCUT2D eigenvalue weighted by Gasteiger charge is -2.16. The molecule has 1 unspecified atom stereocenters. The normalized spacial score (nSPS) is 12.1. The number of ether oxygens (including phenoxy) is 1. The number of nitrogens with one attached hydrogen (secondary N) is 1. The number of methoxy groups -OCH3 is 1. The van der Waals surface area contributed by atoms with Crippen molar-refractivity contribution >= 4 is 22.7 Å². The van der Waals surface area contributed by atoms with E-state index >= 15 is 0 Å². The summed E-state index contributed by atoms with van der Waals surface area (Å²) < 4.78 is 5.12. The minimum Gasteiger partial charge on any atom is -0.497 e. The fourth-order valence-corrected chi connectivity index (χ4v) is 2.38. The first-order valence-corrected chi connectivity index (χ1v) is 6.32. The number of rotatable bonds is 4. The van der Waals surface area contributed by atoms with Crippen molar-refractivity contribution in [2.75, 3.05) is 18.2 Å². The van der Waals surface area contributed by atoms with Gasteiger partial charge in [-0.25, -0.2) is 0 Å². The molecule has 3 nitrogen and oxygen atoms in total. The molecule has 1 aromatic heterocycles. The minimum absolute atomic E-state index is 0.255. The molecule has 0 spiro atoms. The molecule has 0 aliphatic rings.